The first-order chi connectivity index (χ1) is 16.3. The number of amides is 1. The van der Waals surface area contributed by atoms with Gasteiger partial charge >= 0.3 is 6.18 Å². The van der Waals surface area contributed by atoms with E-state index in [9.17, 15) is 18.0 Å². The lowest BCUT2D eigenvalue weighted by Crippen LogP contribution is -2.49. The largest absolute Gasteiger partial charge is 0.493 e. The molecule has 8 heteroatoms. The SMILES string of the molecule is Cc1c(OCCC(C)(C)N)ccc(C(C)N2CCN(C(=O)c3ccc(C(F)(F)F)cc3)CC2)c1C. The fourth-order valence-corrected chi connectivity index (χ4v) is 4.34. The van der Waals surface area contributed by atoms with E-state index in [0.29, 0.717) is 32.8 Å². The Morgan fingerprint density at radius 3 is 2.14 bits per heavy atom. The molecule has 2 aromatic carbocycles. The number of halogens is 3. The molecule has 0 spiro atoms. The molecule has 1 atom stereocenters. The third-order valence-corrected chi connectivity index (χ3v) is 6.84. The van der Waals surface area contributed by atoms with E-state index in [4.69, 9.17) is 10.5 Å². The van der Waals surface area contributed by atoms with Crippen LogP contribution in [0.15, 0.2) is 36.4 Å². The van der Waals surface area contributed by atoms with Crippen LogP contribution < -0.4 is 10.5 Å². The van der Waals surface area contributed by atoms with Gasteiger partial charge in [0.2, 0.25) is 0 Å². The van der Waals surface area contributed by atoms with Gasteiger partial charge in [-0.15, -0.1) is 0 Å². The molecule has 0 saturated carbocycles. The van der Waals surface area contributed by atoms with E-state index in [2.05, 4.69) is 31.7 Å². The van der Waals surface area contributed by atoms with Crippen molar-refractivity contribution in [2.45, 2.75) is 58.8 Å². The number of carbonyl (C=O) groups is 1. The molecule has 1 aliphatic heterocycles. The van der Waals surface area contributed by atoms with Crippen LogP contribution in [0.25, 0.3) is 0 Å². The van der Waals surface area contributed by atoms with E-state index in [1.807, 2.05) is 19.9 Å². The highest BCUT2D eigenvalue weighted by atomic mass is 19.4. The molecule has 1 fully saturated rings. The average molecular weight is 492 g/mol. The second kappa shape index (κ2) is 10.6. The molecule has 1 saturated heterocycles. The Hall–Kier alpha value is -2.58. The first-order valence-corrected chi connectivity index (χ1v) is 12.0. The van der Waals surface area contributed by atoms with Gasteiger partial charge in [0.25, 0.3) is 5.91 Å². The van der Waals surface area contributed by atoms with E-state index >= 15 is 0 Å². The van der Waals surface area contributed by atoms with E-state index in [1.165, 1.54) is 23.3 Å². The normalized spacial score (nSPS) is 16.3. The minimum atomic E-state index is -4.41. The van der Waals surface area contributed by atoms with Gasteiger partial charge in [-0.2, -0.15) is 13.2 Å². The molecule has 1 amide bonds. The highest BCUT2D eigenvalue weighted by Crippen LogP contribution is 2.32. The van der Waals surface area contributed by atoms with Crippen molar-refractivity contribution in [2.75, 3.05) is 32.8 Å². The second-order valence-electron chi connectivity index (χ2n) is 10.1. The minimum absolute atomic E-state index is 0.161. The fourth-order valence-electron chi connectivity index (χ4n) is 4.34. The maximum atomic E-state index is 12.8. The molecule has 1 unspecified atom stereocenters. The van der Waals surface area contributed by atoms with Gasteiger partial charge in [0.1, 0.15) is 5.75 Å². The quantitative estimate of drug-likeness (QED) is 0.568. The summed E-state index contributed by atoms with van der Waals surface area (Å²) in [7, 11) is 0. The van der Waals surface area contributed by atoms with Crippen LogP contribution in [0.1, 0.15) is 65.8 Å². The number of piperazine rings is 1. The lowest BCUT2D eigenvalue weighted by Gasteiger charge is -2.39. The lowest BCUT2D eigenvalue weighted by atomic mass is 9.96. The molecule has 3 rings (SSSR count). The van der Waals surface area contributed by atoms with Crippen LogP contribution in [0.4, 0.5) is 13.2 Å². The number of benzene rings is 2. The van der Waals surface area contributed by atoms with Crippen molar-refractivity contribution in [3.63, 3.8) is 0 Å². The van der Waals surface area contributed by atoms with Crippen LogP contribution in [0.5, 0.6) is 5.75 Å². The van der Waals surface area contributed by atoms with Gasteiger partial charge < -0.3 is 15.4 Å². The number of nitrogens with zero attached hydrogens (tertiary/aromatic N) is 2. The van der Waals surface area contributed by atoms with Gasteiger partial charge in [-0.25, -0.2) is 0 Å². The summed E-state index contributed by atoms with van der Waals surface area (Å²) in [6.45, 7) is 13.3. The van der Waals surface area contributed by atoms with Crippen molar-refractivity contribution < 1.29 is 22.7 Å². The molecular weight excluding hydrogens is 455 g/mol. The first kappa shape index (κ1) is 27.0. The molecular formula is C27H36F3N3O2. The molecule has 0 bridgehead atoms. The van der Waals surface area contributed by atoms with Crippen molar-refractivity contribution in [1.29, 1.82) is 0 Å². The maximum Gasteiger partial charge on any atom is 0.416 e. The summed E-state index contributed by atoms with van der Waals surface area (Å²) >= 11 is 0. The Balaban J connectivity index is 1.60. The van der Waals surface area contributed by atoms with E-state index in [-0.39, 0.29) is 23.1 Å². The molecule has 35 heavy (non-hydrogen) atoms. The predicted molar refractivity (Wildman–Crippen MR) is 132 cm³/mol. The van der Waals surface area contributed by atoms with Crippen LogP contribution in [0.3, 0.4) is 0 Å². The molecule has 0 radical (unpaired) electrons. The number of alkyl halides is 3. The van der Waals surface area contributed by atoms with Gasteiger partial charge in [-0.05, 0) is 88.1 Å². The van der Waals surface area contributed by atoms with E-state index in [1.54, 1.807) is 4.90 Å². The summed E-state index contributed by atoms with van der Waals surface area (Å²) in [5, 5.41) is 0. The van der Waals surface area contributed by atoms with Crippen LogP contribution in [0.2, 0.25) is 0 Å². The highest BCUT2D eigenvalue weighted by molar-refractivity contribution is 5.94. The fraction of sp³-hybridized carbons (Fsp3) is 0.519. The summed E-state index contributed by atoms with van der Waals surface area (Å²) in [6.07, 6.45) is -3.65. The monoisotopic (exact) mass is 491 g/mol. The molecule has 0 aromatic heterocycles. The van der Waals surface area contributed by atoms with E-state index in [0.717, 1.165) is 29.9 Å². The maximum absolute atomic E-state index is 12.8. The van der Waals surface area contributed by atoms with Gasteiger partial charge in [0.05, 0.1) is 12.2 Å². The third-order valence-electron chi connectivity index (χ3n) is 6.84. The van der Waals surface area contributed by atoms with Crippen LogP contribution in [-0.2, 0) is 6.18 Å². The predicted octanol–water partition coefficient (Wildman–Crippen LogP) is 5.35. The number of hydrogen-bond acceptors (Lipinski definition) is 4. The Kier molecular flexibility index (Phi) is 8.17. The molecule has 192 valence electrons. The second-order valence-corrected chi connectivity index (χ2v) is 10.1. The van der Waals surface area contributed by atoms with E-state index < -0.39 is 11.7 Å². The van der Waals surface area contributed by atoms with Gasteiger partial charge in [-0.3, -0.25) is 9.69 Å². The number of carbonyl (C=O) groups excluding carboxylic acids is 1. The lowest BCUT2D eigenvalue weighted by molar-refractivity contribution is -0.137. The number of hydrogen-bond donors (Lipinski definition) is 1. The Labute approximate surface area is 206 Å². The third kappa shape index (κ3) is 6.76. The molecule has 1 aliphatic rings. The summed E-state index contributed by atoms with van der Waals surface area (Å²) in [5.41, 5.74) is 8.82. The zero-order valence-electron chi connectivity index (χ0n) is 21.2. The molecule has 5 nitrogen and oxygen atoms in total. The van der Waals surface area contributed by atoms with Gasteiger partial charge in [-0.1, -0.05) is 6.07 Å². The first-order valence-electron chi connectivity index (χ1n) is 12.0. The number of nitrogens with two attached hydrogens (primary N) is 1. The molecule has 2 N–H and O–H groups in total. The number of rotatable bonds is 7. The van der Waals surface area contributed by atoms with Gasteiger partial charge in [0.15, 0.2) is 0 Å². The molecule has 2 aromatic rings. The summed E-state index contributed by atoms with van der Waals surface area (Å²) in [5.74, 6) is 0.634. The Morgan fingerprint density at radius 2 is 1.60 bits per heavy atom. The zero-order valence-corrected chi connectivity index (χ0v) is 21.2. The summed E-state index contributed by atoms with van der Waals surface area (Å²) in [6, 6.07) is 8.71. The van der Waals surface area contributed by atoms with Crippen molar-refractivity contribution >= 4 is 5.91 Å². The average Bonchev–Trinajstić information content (AvgIpc) is 2.80. The molecule has 1 heterocycles. The van der Waals surface area contributed by atoms with Crippen molar-refractivity contribution in [1.82, 2.24) is 9.80 Å². The topological polar surface area (TPSA) is 58.8 Å². The highest BCUT2D eigenvalue weighted by Gasteiger charge is 2.31. The Morgan fingerprint density at radius 1 is 1.00 bits per heavy atom. The zero-order chi connectivity index (χ0) is 26.0. The smallest absolute Gasteiger partial charge is 0.416 e. The van der Waals surface area contributed by atoms with Crippen LogP contribution in [-0.4, -0.2) is 54.0 Å². The van der Waals surface area contributed by atoms with Crippen molar-refractivity contribution in [3.05, 3.63) is 64.2 Å². The summed E-state index contributed by atoms with van der Waals surface area (Å²) < 4.78 is 44.4. The minimum Gasteiger partial charge on any atom is -0.493 e. The summed E-state index contributed by atoms with van der Waals surface area (Å²) in [4.78, 5) is 16.8. The van der Waals surface area contributed by atoms with Crippen molar-refractivity contribution in [3.8, 4) is 5.75 Å². The Bertz CT molecular complexity index is 1020. The standard InChI is InChI=1S/C27H36F3N3O2/c1-18-19(2)24(35-17-12-26(4,5)31)11-10-23(18)20(3)32-13-15-33(16-14-32)25(34)21-6-8-22(9-7-21)27(28,29)30/h6-11,20H,12-17,31H2,1-5H3. The van der Waals surface area contributed by atoms with Gasteiger partial charge in [0, 0.05) is 43.3 Å². The van der Waals surface area contributed by atoms with Crippen LogP contribution in [0, 0.1) is 13.8 Å². The van der Waals surface area contributed by atoms with Crippen LogP contribution >= 0.6 is 0 Å². The van der Waals surface area contributed by atoms with Crippen molar-refractivity contribution in [2.24, 2.45) is 5.73 Å². The number of ether oxygens (including phenoxy) is 1. The molecule has 0 aliphatic carbocycles.